The van der Waals surface area contributed by atoms with Crippen LogP contribution in [0.25, 0.3) is 0 Å². The highest BCUT2D eigenvalue weighted by Crippen LogP contribution is 2.18. The molecule has 2 rings (SSSR count). The monoisotopic (exact) mass is 258 g/mol. The Morgan fingerprint density at radius 1 is 1.47 bits per heavy atom. The van der Waals surface area contributed by atoms with Gasteiger partial charge in [0, 0.05) is 0 Å². The highest BCUT2D eigenvalue weighted by Gasteiger charge is 2.18. The number of halogens is 1. The van der Waals surface area contributed by atoms with E-state index in [1.54, 1.807) is 0 Å². The van der Waals surface area contributed by atoms with Gasteiger partial charge in [-0.05, 0) is 31.8 Å². The highest BCUT2D eigenvalue weighted by atomic mass is 35.5. The van der Waals surface area contributed by atoms with Crippen LogP contribution in [0.5, 0.6) is 0 Å². The molecule has 0 aliphatic carbocycles. The molecule has 0 amide bonds. The van der Waals surface area contributed by atoms with Gasteiger partial charge in [-0.2, -0.15) is 4.98 Å². The Morgan fingerprint density at radius 2 is 2.18 bits per heavy atom. The molecule has 0 saturated carbocycles. The van der Waals surface area contributed by atoms with Crippen molar-refractivity contribution in [2.75, 3.05) is 13.1 Å². The Morgan fingerprint density at radius 3 is 2.71 bits per heavy atom. The Hall–Kier alpha value is -0.910. The minimum absolute atomic E-state index is 0. The summed E-state index contributed by atoms with van der Waals surface area (Å²) in [5.41, 5.74) is 5.41. The van der Waals surface area contributed by atoms with Crippen molar-refractivity contribution in [2.24, 2.45) is 11.7 Å². The summed E-state index contributed by atoms with van der Waals surface area (Å²) < 4.78 is 4.97. The van der Waals surface area contributed by atoms with Gasteiger partial charge in [-0.3, -0.25) is 4.90 Å². The Bertz CT molecular complexity index is 347. The molecule has 96 valence electrons. The normalized spacial score (nSPS) is 17.7. The fourth-order valence-electron chi connectivity index (χ4n) is 1.98. The van der Waals surface area contributed by atoms with Crippen molar-refractivity contribution in [1.82, 2.24) is 15.0 Å². The fourth-order valence-corrected chi connectivity index (χ4v) is 1.98. The highest BCUT2D eigenvalue weighted by molar-refractivity contribution is 5.85. The zero-order valence-electron chi connectivity index (χ0n) is 9.84. The maximum atomic E-state index is 5.41. The number of piperidine rings is 1. The van der Waals surface area contributed by atoms with E-state index in [9.17, 15) is 0 Å². The first-order valence-corrected chi connectivity index (χ1v) is 5.68. The summed E-state index contributed by atoms with van der Waals surface area (Å²) in [6.07, 6.45) is 4.40. The van der Waals surface area contributed by atoms with Gasteiger partial charge < -0.3 is 10.3 Å². The lowest BCUT2D eigenvalue weighted by Gasteiger charge is -2.29. The average Bonchev–Trinajstić information content (AvgIpc) is 2.78. The molecule has 1 aromatic rings. The molecule has 0 atom stereocenters. The molecule has 5 nitrogen and oxygen atoms in total. The van der Waals surface area contributed by atoms with Crippen molar-refractivity contribution < 1.29 is 4.52 Å². The third kappa shape index (κ3) is 3.80. The second-order valence-corrected chi connectivity index (χ2v) is 4.16. The molecule has 0 bridgehead atoms. The first kappa shape index (κ1) is 14.2. The predicted octanol–water partition coefficient (Wildman–Crippen LogP) is 1.35. The van der Waals surface area contributed by atoms with Gasteiger partial charge >= 0.3 is 0 Å². The molecule has 0 radical (unpaired) electrons. The summed E-state index contributed by atoms with van der Waals surface area (Å²) in [4.78, 5) is 6.54. The number of nitrogens with two attached hydrogens (primary N) is 1. The van der Waals surface area contributed by atoms with Crippen LogP contribution in [-0.2, 0) is 13.1 Å². The molecule has 17 heavy (non-hydrogen) atoms. The number of aromatic nitrogens is 2. The molecule has 1 aliphatic heterocycles. The van der Waals surface area contributed by atoms with Crippen LogP contribution in [0.2, 0.25) is 0 Å². The zero-order chi connectivity index (χ0) is 11.4. The van der Waals surface area contributed by atoms with Crippen LogP contribution in [0.15, 0.2) is 17.2 Å². The average molecular weight is 259 g/mol. The van der Waals surface area contributed by atoms with Crippen molar-refractivity contribution in [3.8, 4) is 0 Å². The van der Waals surface area contributed by atoms with Crippen molar-refractivity contribution in [3.63, 3.8) is 0 Å². The first-order chi connectivity index (χ1) is 7.81. The quantitative estimate of drug-likeness (QED) is 0.826. The summed E-state index contributed by atoms with van der Waals surface area (Å²) >= 11 is 0. The number of hydrogen-bond acceptors (Lipinski definition) is 5. The minimum atomic E-state index is 0. The van der Waals surface area contributed by atoms with Gasteiger partial charge in [-0.1, -0.05) is 11.2 Å². The molecule has 0 unspecified atom stereocenters. The Labute approximate surface area is 107 Å². The van der Waals surface area contributed by atoms with Crippen molar-refractivity contribution in [3.05, 3.63) is 24.4 Å². The van der Waals surface area contributed by atoms with E-state index < -0.39 is 0 Å². The maximum absolute atomic E-state index is 5.41. The third-order valence-corrected chi connectivity index (χ3v) is 3.02. The fraction of sp³-hybridized carbons (Fsp3) is 0.636. The maximum Gasteiger partial charge on any atom is 0.240 e. The van der Waals surface area contributed by atoms with Crippen LogP contribution < -0.4 is 5.73 Å². The molecular weight excluding hydrogens is 240 g/mol. The van der Waals surface area contributed by atoms with E-state index >= 15 is 0 Å². The van der Waals surface area contributed by atoms with Gasteiger partial charge in [0.05, 0.1) is 13.1 Å². The molecule has 2 N–H and O–H groups in total. The van der Waals surface area contributed by atoms with Gasteiger partial charge in [-0.15, -0.1) is 19.0 Å². The number of allylic oxidation sites excluding steroid dienone is 1. The number of nitrogens with zero attached hydrogens (tertiary/aromatic N) is 3. The molecule has 0 spiro atoms. The van der Waals surface area contributed by atoms with Gasteiger partial charge in [0.1, 0.15) is 0 Å². The van der Waals surface area contributed by atoms with Crippen LogP contribution in [0.1, 0.15) is 24.6 Å². The van der Waals surface area contributed by atoms with Gasteiger partial charge in [-0.25, -0.2) is 0 Å². The Kier molecular flexibility index (Phi) is 5.61. The predicted molar refractivity (Wildman–Crippen MR) is 67.6 cm³/mol. The van der Waals surface area contributed by atoms with Crippen LogP contribution >= 0.6 is 12.4 Å². The molecule has 1 fully saturated rings. The van der Waals surface area contributed by atoms with Gasteiger partial charge in [0.15, 0.2) is 5.82 Å². The Balaban J connectivity index is 0.00000144. The third-order valence-electron chi connectivity index (χ3n) is 3.02. The zero-order valence-corrected chi connectivity index (χ0v) is 10.7. The van der Waals surface area contributed by atoms with E-state index in [4.69, 9.17) is 10.3 Å². The summed E-state index contributed by atoms with van der Waals surface area (Å²) in [5.74, 6) is 1.91. The molecule has 0 aromatic carbocycles. The topological polar surface area (TPSA) is 68.2 Å². The molecule has 2 heterocycles. The van der Waals surface area contributed by atoms with Gasteiger partial charge in [0.2, 0.25) is 5.89 Å². The SMILES string of the molecule is C=CC1CCN(Cc2noc(CN)n2)CC1.Cl. The van der Waals surface area contributed by atoms with Crippen LogP contribution in [0, 0.1) is 5.92 Å². The van der Waals surface area contributed by atoms with E-state index in [1.165, 1.54) is 12.8 Å². The summed E-state index contributed by atoms with van der Waals surface area (Å²) in [6.45, 7) is 7.05. The molecular formula is C11H19ClN4O. The largest absolute Gasteiger partial charge is 0.338 e. The van der Waals surface area contributed by atoms with Crippen molar-refractivity contribution in [2.45, 2.75) is 25.9 Å². The van der Waals surface area contributed by atoms with E-state index in [-0.39, 0.29) is 12.4 Å². The number of rotatable bonds is 4. The van der Waals surface area contributed by atoms with Crippen LogP contribution in [0.4, 0.5) is 0 Å². The van der Waals surface area contributed by atoms with Crippen LogP contribution in [-0.4, -0.2) is 28.1 Å². The van der Waals surface area contributed by atoms with Gasteiger partial charge in [0.25, 0.3) is 0 Å². The second-order valence-electron chi connectivity index (χ2n) is 4.16. The molecule has 1 aliphatic rings. The lowest BCUT2D eigenvalue weighted by Crippen LogP contribution is -2.32. The van der Waals surface area contributed by atoms with E-state index in [1.807, 2.05) is 0 Å². The van der Waals surface area contributed by atoms with E-state index in [0.717, 1.165) is 25.5 Å². The molecule has 6 heteroatoms. The van der Waals surface area contributed by atoms with E-state index in [2.05, 4.69) is 27.7 Å². The number of hydrogen-bond donors (Lipinski definition) is 1. The molecule has 1 saturated heterocycles. The van der Waals surface area contributed by atoms with Crippen molar-refractivity contribution >= 4 is 12.4 Å². The second kappa shape index (κ2) is 6.74. The smallest absolute Gasteiger partial charge is 0.240 e. The lowest BCUT2D eigenvalue weighted by molar-refractivity contribution is 0.189. The summed E-state index contributed by atoms with van der Waals surface area (Å²) in [6, 6.07) is 0. The molecule has 1 aromatic heterocycles. The summed E-state index contributed by atoms with van der Waals surface area (Å²) in [5, 5.41) is 3.89. The van der Waals surface area contributed by atoms with Crippen LogP contribution in [0.3, 0.4) is 0 Å². The summed E-state index contributed by atoms with van der Waals surface area (Å²) in [7, 11) is 0. The number of likely N-dealkylation sites (tertiary alicyclic amines) is 1. The first-order valence-electron chi connectivity index (χ1n) is 5.68. The van der Waals surface area contributed by atoms with Crippen molar-refractivity contribution in [1.29, 1.82) is 0 Å². The minimum Gasteiger partial charge on any atom is -0.338 e. The lowest BCUT2D eigenvalue weighted by atomic mass is 9.97. The van der Waals surface area contributed by atoms with E-state index in [0.29, 0.717) is 18.4 Å². The standard InChI is InChI=1S/C11H18N4O.ClH/c1-2-9-3-5-15(6-4-9)8-10-13-11(7-12)16-14-10;/h2,9H,1,3-8,12H2;1H.